The molecule has 1 aromatic rings. The van der Waals surface area contributed by atoms with Crippen molar-refractivity contribution in [3.05, 3.63) is 22.7 Å². The highest BCUT2D eigenvalue weighted by Crippen LogP contribution is 2.44. The molecule has 0 aliphatic heterocycles. The third-order valence-corrected chi connectivity index (χ3v) is 5.10. The van der Waals surface area contributed by atoms with Gasteiger partial charge in [0.1, 0.15) is 5.75 Å². The molecule has 1 saturated carbocycles. The zero-order valence-corrected chi connectivity index (χ0v) is 15.6. The number of anilines is 1. The highest BCUT2D eigenvalue weighted by atomic mass is 35.5. The Hall–Kier alpha value is -2.28. The van der Waals surface area contributed by atoms with Crippen molar-refractivity contribution in [2.45, 2.75) is 39.0 Å². The van der Waals surface area contributed by atoms with Crippen LogP contribution in [0.15, 0.2) is 12.1 Å². The van der Waals surface area contributed by atoms with Crippen molar-refractivity contribution in [1.29, 1.82) is 0 Å². The van der Waals surface area contributed by atoms with Gasteiger partial charge in [-0.1, -0.05) is 18.0 Å². The first-order valence-corrected chi connectivity index (χ1v) is 8.79. The standard InChI is InChI=1S/C18H23ClN2O5/c1-11-8-13(14(26-2)9-12(11)19)21-15(22)4-7-20-16(23)10-18(17(24)25)5-3-6-18/h8-9H,3-7,10H2,1-2H3,(H,20,23)(H,21,22)(H,24,25). The number of rotatable bonds is 8. The predicted molar refractivity (Wildman–Crippen MR) is 97.5 cm³/mol. The molecule has 1 aliphatic rings. The van der Waals surface area contributed by atoms with Crippen LogP contribution in [-0.2, 0) is 14.4 Å². The van der Waals surface area contributed by atoms with E-state index in [-0.39, 0.29) is 31.2 Å². The van der Waals surface area contributed by atoms with E-state index < -0.39 is 11.4 Å². The number of aliphatic carboxylic acids is 1. The fourth-order valence-corrected chi connectivity index (χ4v) is 3.05. The van der Waals surface area contributed by atoms with Gasteiger partial charge in [-0.05, 0) is 31.4 Å². The number of carbonyl (C=O) groups excluding carboxylic acids is 2. The van der Waals surface area contributed by atoms with E-state index in [4.69, 9.17) is 16.3 Å². The third-order valence-electron chi connectivity index (χ3n) is 4.69. The van der Waals surface area contributed by atoms with Crippen molar-refractivity contribution in [3.8, 4) is 5.75 Å². The van der Waals surface area contributed by atoms with Crippen LogP contribution >= 0.6 is 11.6 Å². The molecule has 1 aromatic carbocycles. The lowest BCUT2D eigenvalue weighted by atomic mass is 9.66. The fraction of sp³-hybridized carbons (Fsp3) is 0.500. The summed E-state index contributed by atoms with van der Waals surface area (Å²) in [5.74, 6) is -1.12. The summed E-state index contributed by atoms with van der Waals surface area (Å²) in [6.07, 6.45) is 1.88. The molecule has 0 bridgehead atoms. The first-order chi connectivity index (χ1) is 12.3. The molecular weight excluding hydrogens is 360 g/mol. The molecule has 2 rings (SSSR count). The molecule has 7 nitrogen and oxygen atoms in total. The number of nitrogens with one attached hydrogen (secondary N) is 2. The smallest absolute Gasteiger partial charge is 0.310 e. The molecule has 0 heterocycles. The molecule has 0 aromatic heterocycles. The third kappa shape index (κ3) is 4.66. The molecule has 0 spiro atoms. The van der Waals surface area contributed by atoms with Gasteiger partial charge in [-0.3, -0.25) is 14.4 Å². The van der Waals surface area contributed by atoms with Gasteiger partial charge in [0.15, 0.2) is 0 Å². The Bertz CT molecular complexity index is 716. The number of carboxylic acid groups (broad SMARTS) is 1. The van der Waals surface area contributed by atoms with E-state index in [9.17, 15) is 19.5 Å². The van der Waals surface area contributed by atoms with E-state index in [0.717, 1.165) is 12.0 Å². The number of carboxylic acids is 1. The van der Waals surface area contributed by atoms with E-state index in [1.165, 1.54) is 7.11 Å². The van der Waals surface area contributed by atoms with Gasteiger partial charge in [0, 0.05) is 30.5 Å². The van der Waals surface area contributed by atoms with Crippen LogP contribution in [0, 0.1) is 12.3 Å². The zero-order chi connectivity index (χ0) is 19.3. The molecule has 3 N–H and O–H groups in total. The Labute approximate surface area is 157 Å². The largest absolute Gasteiger partial charge is 0.495 e. The van der Waals surface area contributed by atoms with E-state index in [1.54, 1.807) is 12.1 Å². The Kier molecular flexibility index (Phi) is 6.47. The second-order valence-corrected chi connectivity index (χ2v) is 6.97. The van der Waals surface area contributed by atoms with Crippen LogP contribution in [0.3, 0.4) is 0 Å². The van der Waals surface area contributed by atoms with Gasteiger partial charge in [-0.15, -0.1) is 0 Å². The van der Waals surface area contributed by atoms with Crippen molar-refractivity contribution >= 4 is 35.1 Å². The molecule has 2 amide bonds. The van der Waals surface area contributed by atoms with Gasteiger partial charge >= 0.3 is 5.97 Å². The number of hydrogen-bond acceptors (Lipinski definition) is 4. The SMILES string of the molecule is COc1cc(Cl)c(C)cc1NC(=O)CCNC(=O)CC1(C(=O)O)CCC1. The van der Waals surface area contributed by atoms with Gasteiger partial charge in [0.2, 0.25) is 11.8 Å². The number of ether oxygens (including phenoxy) is 1. The molecule has 26 heavy (non-hydrogen) atoms. The first-order valence-electron chi connectivity index (χ1n) is 8.41. The molecule has 0 atom stereocenters. The quantitative estimate of drug-likeness (QED) is 0.641. The summed E-state index contributed by atoms with van der Waals surface area (Å²) >= 11 is 6.03. The van der Waals surface area contributed by atoms with Crippen LogP contribution < -0.4 is 15.4 Å². The number of benzene rings is 1. The molecule has 0 saturated heterocycles. The van der Waals surface area contributed by atoms with Crippen molar-refractivity contribution in [1.82, 2.24) is 5.32 Å². The monoisotopic (exact) mass is 382 g/mol. The second kappa shape index (κ2) is 8.40. The van der Waals surface area contributed by atoms with E-state index >= 15 is 0 Å². The maximum Gasteiger partial charge on any atom is 0.310 e. The van der Waals surface area contributed by atoms with Gasteiger partial charge < -0.3 is 20.5 Å². The molecular formula is C18H23ClN2O5. The minimum atomic E-state index is -0.930. The van der Waals surface area contributed by atoms with Gasteiger partial charge in [-0.2, -0.15) is 0 Å². The lowest BCUT2D eigenvalue weighted by Gasteiger charge is -2.36. The van der Waals surface area contributed by atoms with Crippen LogP contribution in [0.2, 0.25) is 5.02 Å². The number of hydrogen-bond donors (Lipinski definition) is 3. The van der Waals surface area contributed by atoms with Crippen molar-refractivity contribution in [2.24, 2.45) is 5.41 Å². The Balaban J connectivity index is 1.81. The molecule has 0 unspecified atom stereocenters. The lowest BCUT2D eigenvalue weighted by molar-refractivity contribution is -0.157. The highest BCUT2D eigenvalue weighted by Gasteiger charge is 2.45. The lowest BCUT2D eigenvalue weighted by Crippen LogP contribution is -2.42. The van der Waals surface area contributed by atoms with Crippen LogP contribution in [0.4, 0.5) is 5.69 Å². The molecule has 1 aliphatic carbocycles. The van der Waals surface area contributed by atoms with Crippen LogP contribution in [0.1, 0.15) is 37.7 Å². The van der Waals surface area contributed by atoms with Crippen molar-refractivity contribution < 1.29 is 24.2 Å². The summed E-state index contributed by atoms with van der Waals surface area (Å²) in [5, 5.41) is 15.1. The normalized spacial score (nSPS) is 14.9. The van der Waals surface area contributed by atoms with E-state index in [0.29, 0.717) is 29.3 Å². The molecule has 8 heteroatoms. The Morgan fingerprint density at radius 2 is 1.96 bits per heavy atom. The van der Waals surface area contributed by atoms with Crippen molar-refractivity contribution in [2.75, 3.05) is 19.0 Å². The fourth-order valence-electron chi connectivity index (χ4n) is 2.90. The first kappa shape index (κ1) is 20.0. The summed E-state index contributed by atoms with van der Waals surface area (Å²) in [4.78, 5) is 35.3. The maximum atomic E-state index is 12.1. The predicted octanol–water partition coefficient (Wildman–Crippen LogP) is 2.75. The van der Waals surface area contributed by atoms with Gasteiger partial charge in [0.05, 0.1) is 18.2 Å². The average molecular weight is 383 g/mol. The second-order valence-electron chi connectivity index (χ2n) is 6.57. The van der Waals surface area contributed by atoms with Crippen molar-refractivity contribution in [3.63, 3.8) is 0 Å². The Morgan fingerprint density at radius 3 is 2.50 bits per heavy atom. The van der Waals surface area contributed by atoms with E-state index in [2.05, 4.69) is 10.6 Å². The summed E-state index contributed by atoms with van der Waals surface area (Å²) in [7, 11) is 1.48. The van der Waals surface area contributed by atoms with Crippen LogP contribution in [-0.4, -0.2) is 36.5 Å². The van der Waals surface area contributed by atoms with Crippen LogP contribution in [0.25, 0.3) is 0 Å². The molecule has 142 valence electrons. The van der Waals surface area contributed by atoms with Crippen LogP contribution in [0.5, 0.6) is 5.75 Å². The number of halogens is 1. The number of aryl methyl sites for hydroxylation is 1. The number of amides is 2. The number of methoxy groups -OCH3 is 1. The average Bonchev–Trinajstić information content (AvgIpc) is 2.53. The molecule has 0 radical (unpaired) electrons. The summed E-state index contributed by atoms with van der Waals surface area (Å²) in [6.45, 7) is 1.95. The van der Waals surface area contributed by atoms with Gasteiger partial charge in [0.25, 0.3) is 0 Å². The maximum absolute atomic E-state index is 12.1. The topological polar surface area (TPSA) is 105 Å². The minimum Gasteiger partial charge on any atom is -0.495 e. The summed E-state index contributed by atoms with van der Waals surface area (Å²) in [5.41, 5.74) is 0.376. The van der Waals surface area contributed by atoms with Gasteiger partial charge in [-0.25, -0.2) is 0 Å². The summed E-state index contributed by atoms with van der Waals surface area (Å²) in [6, 6.07) is 3.34. The van der Waals surface area contributed by atoms with E-state index in [1.807, 2.05) is 6.92 Å². The highest BCUT2D eigenvalue weighted by molar-refractivity contribution is 6.31. The minimum absolute atomic E-state index is 0.0475. The molecule has 1 fully saturated rings. The zero-order valence-electron chi connectivity index (χ0n) is 14.9. The Morgan fingerprint density at radius 1 is 1.27 bits per heavy atom. The number of carbonyl (C=O) groups is 3. The summed E-state index contributed by atoms with van der Waals surface area (Å²) < 4.78 is 5.20.